The molecule has 0 aliphatic heterocycles. The second kappa shape index (κ2) is 7.78. The molecule has 0 fully saturated rings. The Morgan fingerprint density at radius 2 is 1.74 bits per heavy atom. The third-order valence-corrected chi connectivity index (χ3v) is 8.05. The van der Waals surface area contributed by atoms with Crippen LogP contribution >= 0.6 is 46.3 Å². The number of aromatic hydroxyl groups is 1. The molecule has 8 nitrogen and oxygen atoms in total. The summed E-state index contributed by atoms with van der Waals surface area (Å²) in [6, 6.07) is 5.11. The van der Waals surface area contributed by atoms with E-state index in [1.165, 1.54) is 19.5 Å². The van der Waals surface area contributed by atoms with Crippen molar-refractivity contribution in [1.82, 2.24) is 13.1 Å². The van der Waals surface area contributed by atoms with Gasteiger partial charge >= 0.3 is 0 Å². The van der Waals surface area contributed by atoms with Crippen LogP contribution in [-0.4, -0.2) is 40.7 Å². The van der Waals surface area contributed by atoms with Gasteiger partial charge in [0.2, 0.25) is 0 Å². The van der Waals surface area contributed by atoms with Crippen LogP contribution in [0.5, 0.6) is 5.75 Å². The molecule has 0 atom stereocenters. The molecule has 0 saturated heterocycles. The summed E-state index contributed by atoms with van der Waals surface area (Å²) in [7, 11) is -0.971. The number of nitrogens with one attached hydrogen (secondary N) is 2. The number of hydrogen-bond acceptors (Lipinski definition) is 9. The van der Waals surface area contributed by atoms with Gasteiger partial charge in [-0.2, -0.15) is 8.75 Å². The van der Waals surface area contributed by atoms with Crippen LogP contribution in [0.15, 0.2) is 27.8 Å². The molecular formula is C14H13Cl2N5O3S3. The van der Waals surface area contributed by atoms with Crippen LogP contribution in [0.4, 0.5) is 23.0 Å². The minimum Gasteiger partial charge on any atom is -0.504 e. The van der Waals surface area contributed by atoms with E-state index >= 15 is 0 Å². The highest BCUT2D eigenvalue weighted by molar-refractivity contribution is 7.91. The summed E-state index contributed by atoms with van der Waals surface area (Å²) in [5.74, 6) is 0.276. The first-order valence-corrected chi connectivity index (χ1v) is 11.1. The van der Waals surface area contributed by atoms with Crippen LogP contribution < -0.4 is 10.6 Å². The number of hydrogen-bond donors (Lipinski definition) is 3. The molecule has 27 heavy (non-hydrogen) atoms. The van der Waals surface area contributed by atoms with Crippen molar-refractivity contribution in [1.29, 1.82) is 0 Å². The lowest BCUT2D eigenvalue weighted by Gasteiger charge is -2.10. The highest BCUT2D eigenvalue weighted by Gasteiger charge is 2.26. The van der Waals surface area contributed by atoms with Crippen molar-refractivity contribution in [3.63, 3.8) is 0 Å². The quantitative estimate of drug-likeness (QED) is 0.496. The van der Waals surface area contributed by atoms with Crippen LogP contribution in [0, 0.1) is 0 Å². The third-order valence-electron chi connectivity index (χ3n) is 3.39. The summed E-state index contributed by atoms with van der Waals surface area (Å²) < 4.78 is 33.6. The molecule has 0 spiro atoms. The standard InChI is InChI=1S/C14H13Cl2N5O3S3/c1-21(2)27(23,24)14-11(22)9(6-25-14)18-13-12(19-26-20-13)17-8-5-3-4-7(15)10(8)16/h3-6,22H,1-2H3,(H,17,19)(H,18,20). The minimum atomic E-state index is -3.75. The fourth-order valence-electron chi connectivity index (χ4n) is 1.98. The zero-order valence-corrected chi connectivity index (χ0v) is 17.9. The van der Waals surface area contributed by atoms with E-state index in [1.807, 2.05) is 0 Å². The van der Waals surface area contributed by atoms with Crippen LogP contribution in [0.3, 0.4) is 0 Å². The lowest BCUT2D eigenvalue weighted by atomic mass is 10.3. The number of rotatable bonds is 6. The van der Waals surface area contributed by atoms with Gasteiger partial charge in [0.1, 0.15) is 0 Å². The second-order valence-corrected chi connectivity index (χ2v) is 9.93. The van der Waals surface area contributed by atoms with Gasteiger partial charge in [-0.3, -0.25) is 0 Å². The van der Waals surface area contributed by atoms with Crippen LogP contribution in [0.1, 0.15) is 0 Å². The van der Waals surface area contributed by atoms with E-state index in [9.17, 15) is 13.5 Å². The lowest BCUT2D eigenvalue weighted by Crippen LogP contribution is -2.21. The van der Waals surface area contributed by atoms with E-state index in [0.717, 1.165) is 27.4 Å². The first-order chi connectivity index (χ1) is 12.7. The monoisotopic (exact) mass is 465 g/mol. The highest BCUT2D eigenvalue weighted by Crippen LogP contribution is 2.41. The molecule has 144 valence electrons. The Balaban J connectivity index is 1.88. The topological polar surface area (TPSA) is 107 Å². The van der Waals surface area contributed by atoms with Crippen LogP contribution in [-0.2, 0) is 10.0 Å². The number of halogens is 2. The number of sulfonamides is 1. The van der Waals surface area contributed by atoms with Crippen molar-refractivity contribution in [3.8, 4) is 5.75 Å². The predicted molar refractivity (Wildman–Crippen MR) is 110 cm³/mol. The summed E-state index contributed by atoms with van der Waals surface area (Å²) in [6.45, 7) is 0. The molecule has 0 amide bonds. The molecule has 13 heteroatoms. The lowest BCUT2D eigenvalue weighted by molar-refractivity contribution is 0.460. The highest BCUT2D eigenvalue weighted by atomic mass is 35.5. The van der Waals surface area contributed by atoms with E-state index in [-0.39, 0.29) is 15.6 Å². The molecule has 0 bridgehead atoms. The SMILES string of the molecule is CN(C)S(=O)(=O)c1scc(Nc2nsnc2Nc2cccc(Cl)c2Cl)c1O. The van der Waals surface area contributed by atoms with Gasteiger partial charge in [-0.15, -0.1) is 11.3 Å². The third kappa shape index (κ3) is 3.98. The number of thiophene rings is 1. The Bertz CT molecular complexity index is 1080. The Labute approximate surface area is 173 Å². The second-order valence-electron chi connectivity index (χ2n) is 5.39. The van der Waals surface area contributed by atoms with E-state index < -0.39 is 10.0 Å². The van der Waals surface area contributed by atoms with Crippen molar-refractivity contribution < 1.29 is 13.5 Å². The summed E-state index contributed by atoms with van der Waals surface area (Å²) in [6.07, 6.45) is 0. The van der Waals surface area contributed by atoms with Gasteiger partial charge in [0.05, 0.1) is 33.1 Å². The van der Waals surface area contributed by atoms with Gasteiger partial charge in [-0.1, -0.05) is 29.3 Å². The molecule has 0 unspecified atom stereocenters. The summed E-state index contributed by atoms with van der Waals surface area (Å²) in [4.78, 5) is 0. The maximum Gasteiger partial charge on any atom is 0.255 e. The first-order valence-electron chi connectivity index (χ1n) is 7.25. The molecular weight excluding hydrogens is 453 g/mol. The molecule has 0 radical (unpaired) electrons. The van der Waals surface area contributed by atoms with Gasteiger partial charge in [0.25, 0.3) is 10.0 Å². The van der Waals surface area contributed by atoms with Crippen molar-refractivity contribution >= 4 is 79.3 Å². The average molecular weight is 466 g/mol. The smallest absolute Gasteiger partial charge is 0.255 e. The van der Waals surface area contributed by atoms with Crippen LogP contribution in [0.2, 0.25) is 10.0 Å². The molecule has 0 aliphatic carbocycles. The summed E-state index contributed by atoms with van der Waals surface area (Å²) in [5, 5.41) is 18.4. The van der Waals surface area contributed by atoms with Gasteiger partial charge < -0.3 is 15.7 Å². The van der Waals surface area contributed by atoms with Gasteiger partial charge in [0, 0.05) is 19.5 Å². The van der Waals surface area contributed by atoms with Crippen molar-refractivity contribution in [2.75, 3.05) is 24.7 Å². The van der Waals surface area contributed by atoms with Gasteiger partial charge in [-0.25, -0.2) is 12.7 Å². The molecule has 3 aromatic rings. The number of anilines is 4. The molecule has 3 N–H and O–H groups in total. The van der Waals surface area contributed by atoms with Crippen molar-refractivity contribution in [2.45, 2.75) is 4.21 Å². The summed E-state index contributed by atoms with van der Waals surface area (Å²) in [5.41, 5.74) is 0.735. The minimum absolute atomic E-state index is 0.161. The Hall–Kier alpha value is -1.63. The Morgan fingerprint density at radius 1 is 1.11 bits per heavy atom. The first kappa shape index (κ1) is 20.1. The van der Waals surface area contributed by atoms with Crippen LogP contribution in [0.25, 0.3) is 0 Å². The zero-order valence-electron chi connectivity index (χ0n) is 13.9. The molecule has 0 saturated carbocycles. The van der Waals surface area contributed by atoms with E-state index in [4.69, 9.17) is 23.2 Å². The predicted octanol–water partition coefficient (Wildman–Crippen LogP) is 4.35. The van der Waals surface area contributed by atoms with Crippen molar-refractivity contribution in [2.24, 2.45) is 0 Å². The van der Waals surface area contributed by atoms with E-state index in [1.54, 1.807) is 18.2 Å². The zero-order chi connectivity index (χ0) is 19.8. The van der Waals surface area contributed by atoms with Gasteiger partial charge in [-0.05, 0) is 12.1 Å². The molecule has 0 aliphatic rings. The molecule has 2 heterocycles. The fourth-order valence-corrected chi connectivity index (χ4v) is 5.18. The Kier molecular flexibility index (Phi) is 5.79. The largest absolute Gasteiger partial charge is 0.504 e. The van der Waals surface area contributed by atoms with E-state index in [2.05, 4.69) is 19.4 Å². The average Bonchev–Trinajstić information content (AvgIpc) is 3.19. The molecule has 2 aromatic heterocycles. The molecule has 1 aromatic carbocycles. The summed E-state index contributed by atoms with van der Waals surface area (Å²) >= 11 is 14.0. The number of nitrogens with zero attached hydrogens (tertiary/aromatic N) is 3. The van der Waals surface area contributed by atoms with Gasteiger partial charge in [0.15, 0.2) is 21.6 Å². The van der Waals surface area contributed by atoms with E-state index in [0.29, 0.717) is 27.4 Å². The molecule has 3 rings (SSSR count). The number of aromatic nitrogens is 2. The normalized spacial score (nSPS) is 11.7. The van der Waals surface area contributed by atoms with Crippen molar-refractivity contribution in [3.05, 3.63) is 33.6 Å². The maximum atomic E-state index is 12.2. The number of benzene rings is 1. The Morgan fingerprint density at radius 3 is 2.37 bits per heavy atom. The maximum absolute atomic E-state index is 12.2. The fraction of sp³-hybridized carbons (Fsp3) is 0.143.